The van der Waals surface area contributed by atoms with E-state index in [9.17, 15) is 4.39 Å². The third-order valence-electron chi connectivity index (χ3n) is 11.6. The van der Waals surface area contributed by atoms with Gasteiger partial charge in [0.2, 0.25) is 0 Å². The summed E-state index contributed by atoms with van der Waals surface area (Å²) in [6, 6.07) is 50.0. The minimum atomic E-state index is -0.545. The fourth-order valence-corrected chi connectivity index (χ4v) is 8.76. The van der Waals surface area contributed by atoms with Crippen molar-refractivity contribution in [2.24, 2.45) is 0 Å². The normalized spacial score (nSPS) is 16.1. The number of nitrogens with zero attached hydrogens (tertiary/aromatic N) is 3. The van der Waals surface area contributed by atoms with E-state index in [1.165, 1.54) is 45.5 Å². The summed E-state index contributed by atoms with van der Waals surface area (Å²) in [4.78, 5) is 15.5. The van der Waals surface area contributed by atoms with Crippen LogP contribution >= 0.6 is 0 Å². The fraction of sp³-hybridized carbons (Fsp3) is 0.188. The van der Waals surface area contributed by atoms with Crippen LogP contribution in [0.3, 0.4) is 0 Å². The number of fused-ring (bicyclic) bond motifs is 4. The van der Waals surface area contributed by atoms with Crippen molar-refractivity contribution in [1.29, 1.82) is 0 Å². The lowest BCUT2D eigenvalue weighted by Gasteiger charge is -2.42. The second-order valence-electron chi connectivity index (χ2n) is 15.6. The molecule has 0 spiro atoms. The Balaban J connectivity index is 1.32. The highest BCUT2D eigenvalue weighted by atomic mass is 19.1. The molecule has 1 heterocycles. The quantitative estimate of drug-likeness (QED) is 0.182. The number of aromatic nitrogens is 3. The van der Waals surface area contributed by atoms with E-state index in [4.69, 9.17) is 15.0 Å². The highest BCUT2D eigenvalue weighted by Crippen LogP contribution is 2.58. The van der Waals surface area contributed by atoms with Gasteiger partial charge in [0.25, 0.3) is 0 Å². The Kier molecular flexibility index (Phi) is 7.38. The molecule has 2 aliphatic rings. The van der Waals surface area contributed by atoms with Crippen LogP contribution in [0.2, 0.25) is 0 Å². The van der Waals surface area contributed by atoms with E-state index in [-0.39, 0.29) is 16.6 Å². The maximum Gasteiger partial charge on any atom is 0.164 e. The average Bonchev–Trinajstić information content (AvgIpc) is 3.49. The molecule has 0 saturated heterocycles. The van der Waals surface area contributed by atoms with Gasteiger partial charge in [-0.3, -0.25) is 0 Å². The molecule has 3 nitrogen and oxygen atoms in total. The molecule has 4 heteroatoms. The maximum absolute atomic E-state index is 14.2. The summed E-state index contributed by atoms with van der Waals surface area (Å²) in [5, 5.41) is 0. The first-order valence-corrected chi connectivity index (χ1v) is 18.2. The number of benzene rings is 6. The molecule has 0 bridgehead atoms. The zero-order valence-electron chi connectivity index (χ0n) is 30.0. The second kappa shape index (κ2) is 11.9. The first-order chi connectivity index (χ1) is 25.2. The van der Waals surface area contributed by atoms with Gasteiger partial charge in [0.05, 0.1) is 5.41 Å². The summed E-state index contributed by atoms with van der Waals surface area (Å²) < 4.78 is 14.2. The second-order valence-corrected chi connectivity index (χ2v) is 15.6. The lowest BCUT2D eigenvalue weighted by atomic mass is 9.63. The van der Waals surface area contributed by atoms with Crippen LogP contribution in [0, 0.1) is 5.82 Å². The van der Waals surface area contributed by atoms with Gasteiger partial charge in [-0.1, -0.05) is 143 Å². The zero-order chi connectivity index (χ0) is 35.7. The van der Waals surface area contributed by atoms with Crippen molar-refractivity contribution < 1.29 is 4.39 Å². The van der Waals surface area contributed by atoms with E-state index in [1.54, 1.807) is 12.1 Å². The monoisotopic (exact) mass is 677 g/mol. The van der Waals surface area contributed by atoms with Crippen molar-refractivity contribution >= 4 is 0 Å². The summed E-state index contributed by atoms with van der Waals surface area (Å²) in [6.07, 6.45) is 2.25. The van der Waals surface area contributed by atoms with Gasteiger partial charge < -0.3 is 0 Å². The van der Waals surface area contributed by atoms with E-state index in [2.05, 4.69) is 149 Å². The van der Waals surface area contributed by atoms with Crippen LogP contribution in [0.1, 0.15) is 73.9 Å². The van der Waals surface area contributed by atoms with E-state index in [0.717, 1.165) is 40.7 Å². The molecule has 254 valence electrons. The van der Waals surface area contributed by atoms with Gasteiger partial charge in [-0.15, -0.1) is 0 Å². The number of hydrogen-bond donors (Lipinski definition) is 0. The third kappa shape index (κ3) is 4.96. The van der Waals surface area contributed by atoms with Crippen molar-refractivity contribution in [3.8, 4) is 45.3 Å². The van der Waals surface area contributed by atoms with Crippen LogP contribution in [0.25, 0.3) is 45.3 Å². The van der Waals surface area contributed by atoms with Gasteiger partial charge in [0.15, 0.2) is 17.5 Å². The number of rotatable bonds is 5. The SMILES string of the molecule is CC1(C)CCC(C)(C)c2cc(-c3nc(-c4ccc(F)cc4)nc(-c4cccc5c4-c4ccccc4C5(c4ccccc4)c4ccccc4)n3)ccc21. The molecule has 0 unspecified atom stereocenters. The summed E-state index contributed by atoms with van der Waals surface area (Å²) in [5.41, 5.74) is 12.0. The Morgan fingerprint density at radius 2 is 0.962 bits per heavy atom. The molecule has 1 aromatic heterocycles. The van der Waals surface area contributed by atoms with Gasteiger partial charge in [-0.05, 0) is 98.5 Å². The van der Waals surface area contributed by atoms with Gasteiger partial charge in [0, 0.05) is 16.7 Å². The van der Waals surface area contributed by atoms with Crippen molar-refractivity contribution in [1.82, 2.24) is 15.0 Å². The molecule has 0 amide bonds. The highest BCUT2D eigenvalue weighted by molar-refractivity contribution is 5.94. The molecule has 9 rings (SSSR count). The summed E-state index contributed by atoms with van der Waals surface area (Å²) in [7, 11) is 0. The number of hydrogen-bond acceptors (Lipinski definition) is 3. The third-order valence-corrected chi connectivity index (χ3v) is 11.6. The molecule has 6 aromatic carbocycles. The van der Waals surface area contributed by atoms with Crippen LogP contribution in [0.15, 0.2) is 146 Å². The van der Waals surface area contributed by atoms with Crippen LogP contribution in [-0.2, 0) is 16.2 Å². The van der Waals surface area contributed by atoms with E-state index >= 15 is 0 Å². The Hall–Kier alpha value is -5.74. The molecule has 0 N–H and O–H groups in total. The minimum Gasteiger partial charge on any atom is -0.208 e. The predicted octanol–water partition coefficient (Wildman–Crippen LogP) is 11.7. The first kappa shape index (κ1) is 32.2. The van der Waals surface area contributed by atoms with Gasteiger partial charge >= 0.3 is 0 Å². The lowest BCUT2D eigenvalue weighted by Crippen LogP contribution is -2.33. The van der Waals surface area contributed by atoms with Crippen molar-refractivity contribution in [3.63, 3.8) is 0 Å². The van der Waals surface area contributed by atoms with Crippen molar-refractivity contribution in [2.45, 2.75) is 56.8 Å². The largest absolute Gasteiger partial charge is 0.208 e. The van der Waals surface area contributed by atoms with Crippen LogP contribution in [0.5, 0.6) is 0 Å². The Labute approximate surface area is 305 Å². The molecule has 7 aromatic rings. The lowest BCUT2D eigenvalue weighted by molar-refractivity contribution is 0.332. The van der Waals surface area contributed by atoms with E-state index in [0.29, 0.717) is 17.5 Å². The Morgan fingerprint density at radius 3 is 1.63 bits per heavy atom. The Bertz CT molecular complexity index is 2430. The predicted molar refractivity (Wildman–Crippen MR) is 209 cm³/mol. The van der Waals surface area contributed by atoms with Gasteiger partial charge in [0.1, 0.15) is 5.82 Å². The topological polar surface area (TPSA) is 38.7 Å². The molecule has 52 heavy (non-hydrogen) atoms. The standard InChI is InChI=1S/C48H40FN3/c1-46(2)28-29-47(3,4)41-30-32(24-27-39(41)46)44-50-43(31-22-25-35(49)26-23-31)51-45(52-44)37-19-13-21-40-42(37)36-18-11-12-20-38(36)48(40,33-14-7-5-8-15-33)34-16-9-6-10-17-34/h5-27,30H,28-29H2,1-4H3. The summed E-state index contributed by atoms with van der Waals surface area (Å²) in [5.74, 6) is 1.41. The van der Waals surface area contributed by atoms with Crippen LogP contribution < -0.4 is 0 Å². The van der Waals surface area contributed by atoms with Crippen LogP contribution in [-0.4, -0.2) is 15.0 Å². The molecule has 0 atom stereocenters. The molecule has 0 fully saturated rings. The molecule has 0 saturated carbocycles. The van der Waals surface area contributed by atoms with Crippen molar-refractivity contribution in [3.05, 3.63) is 185 Å². The van der Waals surface area contributed by atoms with E-state index in [1.807, 2.05) is 0 Å². The smallest absolute Gasteiger partial charge is 0.164 e. The van der Waals surface area contributed by atoms with E-state index < -0.39 is 5.41 Å². The molecule has 0 aliphatic heterocycles. The molecule has 0 radical (unpaired) electrons. The first-order valence-electron chi connectivity index (χ1n) is 18.2. The fourth-order valence-electron chi connectivity index (χ4n) is 8.76. The number of halogens is 1. The molecular weight excluding hydrogens is 638 g/mol. The molecular formula is C48H40FN3. The highest BCUT2D eigenvalue weighted by Gasteiger charge is 2.47. The van der Waals surface area contributed by atoms with Gasteiger partial charge in [-0.25, -0.2) is 19.3 Å². The zero-order valence-corrected chi connectivity index (χ0v) is 30.0. The van der Waals surface area contributed by atoms with Crippen LogP contribution in [0.4, 0.5) is 4.39 Å². The minimum absolute atomic E-state index is 0.0265. The van der Waals surface area contributed by atoms with Crippen molar-refractivity contribution in [2.75, 3.05) is 0 Å². The summed E-state index contributed by atoms with van der Waals surface area (Å²) >= 11 is 0. The average molecular weight is 678 g/mol. The molecule has 2 aliphatic carbocycles. The maximum atomic E-state index is 14.2. The summed E-state index contributed by atoms with van der Waals surface area (Å²) in [6.45, 7) is 9.36. The van der Waals surface area contributed by atoms with Gasteiger partial charge in [-0.2, -0.15) is 0 Å². The Morgan fingerprint density at radius 1 is 0.442 bits per heavy atom.